The van der Waals surface area contributed by atoms with Crippen LogP contribution >= 0.6 is 22.9 Å². The molecule has 25 heavy (non-hydrogen) atoms. The molecule has 0 saturated heterocycles. The second-order valence-corrected chi connectivity index (χ2v) is 6.28. The third-order valence-electron chi connectivity index (χ3n) is 3.54. The monoisotopic (exact) mass is 377 g/mol. The standard InChI is InChI=1S/C16H12ClN3O4S/c1-2-22-15(21)9-6-25-14-12(9)13(19-16(17)20-14)18-8-3-4-10-11(5-8)24-7-23-10/h3-6H,2,7H2,1H3,(H,18,19,20). The Morgan fingerprint density at radius 2 is 2.20 bits per heavy atom. The summed E-state index contributed by atoms with van der Waals surface area (Å²) in [5.74, 6) is 1.32. The molecular weight excluding hydrogens is 366 g/mol. The summed E-state index contributed by atoms with van der Waals surface area (Å²) in [6.45, 7) is 2.24. The fourth-order valence-electron chi connectivity index (χ4n) is 2.48. The molecule has 9 heteroatoms. The van der Waals surface area contributed by atoms with Gasteiger partial charge in [0.25, 0.3) is 0 Å². The minimum atomic E-state index is -0.423. The highest BCUT2D eigenvalue weighted by molar-refractivity contribution is 7.17. The van der Waals surface area contributed by atoms with Crippen LogP contribution < -0.4 is 14.8 Å². The molecule has 128 valence electrons. The van der Waals surface area contributed by atoms with Gasteiger partial charge in [-0.2, -0.15) is 4.98 Å². The topological polar surface area (TPSA) is 82.6 Å². The summed E-state index contributed by atoms with van der Waals surface area (Å²) in [7, 11) is 0. The summed E-state index contributed by atoms with van der Waals surface area (Å²) >= 11 is 7.32. The fraction of sp³-hybridized carbons (Fsp3) is 0.188. The van der Waals surface area contributed by atoms with Gasteiger partial charge in [0.05, 0.1) is 17.6 Å². The lowest BCUT2D eigenvalue weighted by molar-refractivity contribution is 0.0529. The van der Waals surface area contributed by atoms with Gasteiger partial charge in [0.15, 0.2) is 11.5 Å². The quantitative estimate of drug-likeness (QED) is 0.543. The van der Waals surface area contributed by atoms with Crippen molar-refractivity contribution >= 4 is 50.6 Å². The molecule has 1 aliphatic heterocycles. The highest BCUT2D eigenvalue weighted by atomic mass is 35.5. The Morgan fingerprint density at radius 1 is 1.36 bits per heavy atom. The highest BCUT2D eigenvalue weighted by Crippen LogP contribution is 2.37. The molecule has 0 unspecified atom stereocenters. The van der Waals surface area contributed by atoms with Crippen molar-refractivity contribution < 1.29 is 19.0 Å². The van der Waals surface area contributed by atoms with Gasteiger partial charge in [0.1, 0.15) is 10.6 Å². The number of thiophene rings is 1. The summed E-state index contributed by atoms with van der Waals surface area (Å²) < 4.78 is 15.8. The Morgan fingerprint density at radius 3 is 3.04 bits per heavy atom. The van der Waals surface area contributed by atoms with Crippen molar-refractivity contribution in [3.63, 3.8) is 0 Å². The van der Waals surface area contributed by atoms with Crippen LogP contribution in [0.3, 0.4) is 0 Å². The first kappa shape index (κ1) is 15.9. The number of halogens is 1. The van der Waals surface area contributed by atoms with Crippen molar-refractivity contribution in [1.29, 1.82) is 0 Å². The van der Waals surface area contributed by atoms with E-state index in [1.807, 2.05) is 6.07 Å². The normalized spacial score (nSPS) is 12.4. The summed E-state index contributed by atoms with van der Waals surface area (Å²) in [5.41, 5.74) is 1.13. The first-order valence-corrected chi connectivity index (χ1v) is 8.70. The molecule has 1 N–H and O–H groups in total. The van der Waals surface area contributed by atoms with E-state index in [0.717, 1.165) is 5.69 Å². The van der Waals surface area contributed by atoms with Gasteiger partial charge in [-0.05, 0) is 30.7 Å². The SMILES string of the molecule is CCOC(=O)c1csc2nc(Cl)nc(Nc3ccc4c(c3)OCO4)c12. The van der Waals surface area contributed by atoms with E-state index in [2.05, 4.69) is 15.3 Å². The molecular formula is C16H12ClN3O4S. The van der Waals surface area contributed by atoms with Crippen molar-refractivity contribution in [3.05, 3.63) is 34.4 Å². The number of ether oxygens (including phenoxy) is 3. The molecule has 1 aromatic carbocycles. The van der Waals surface area contributed by atoms with Crippen LogP contribution in [0, 0.1) is 0 Å². The number of carbonyl (C=O) groups excluding carboxylic acids is 1. The van der Waals surface area contributed by atoms with E-state index in [4.69, 9.17) is 25.8 Å². The summed E-state index contributed by atoms with van der Waals surface area (Å²) in [6, 6.07) is 5.41. The Hall–Kier alpha value is -2.58. The van der Waals surface area contributed by atoms with Crippen molar-refractivity contribution in [2.24, 2.45) is 0 Å². The average molecular weight is 378 g/mol. The Balaban J connectivity index is 1.77. The zero-order chi connectivity index (χ0) is 17.4. The second kappa shape index (κ2) is 6.38. The average Bonchev–Trinajstić information content (AvgIpc) is 3.21. The van der Waals surface area contributed by atoms with Crippen molar-refractivity contribution in [3.8, 4) is 11.5 Å². The van der Waals surface area contributed by atoms with Gasteiger partial charge in [0, 0.05) is 17.1 Å². The summed E-state index contributed by atoms with van der Waals surface area (Å²) in [5, 5.41) is 5.53. The molecule has 7 nitrogen and oxygen atoms in total. The van der Waals surface area contributed by atoms with Gasteiger partial charge < -0.3 is 19.5 Å². The van der Waals surface area contributed by atoms with Crippen LogP contribution in [0.4, 0.5) is 11.5 Å². The van der Waals surface area contributed by atoms with E-state index in [1.165, 1.54) is 11.3 Å². The number of fused-ring (bicyclic) bond motifs is 2. The number of anilines is 2. The number of aromatic nitrogens is 2. The molecule has 0 amide bonds. The first-order valence-electron chi connectivity index (χ1n) is 7.44. The molecule has 0 fully saturated rings. The Bertz CT molecular complexity index is 975. The van der Waals surface area contributed by atoms with Gasteiger partial charge in [-0.15, -0.1) is 11.3 Å². The molecule has 0 spiro atoms. The van der Waals surface area contributed by atoms with E-state index in [1.54, 1.807) is 24.4 Å². The number of benzene rings is 1. The van der Waals surface area contributed by atoms with Gasteiger partial charge >= 0.3 is 5.97 Å². The number of carbonyl (C=O) groups is 1. The maximum Gasteiger partial charge on any atom is 0.339 e. The molecule has 4 rings (SSSR count). The minimum Gasteiger partial charge on any atom is -0.462 e. The predicted molar refractivity (Wildman–Crippen MR) is 94.2 cm³/mol. The van der Waals surface area contributed by atoms with Gasteiger partial charge in [-0.25, -0.2) is 9.78 Å². The van der Waals surface area contributed by atoms with Gasteiger partial charge in [-0.1, -0.05) is 0 Å². The molecule has 0 atom stereocenters. The first-order chi connectivity index (χ1) is 12.2. The van der Waals surface area contributed by atoms with Crippen molar-refractivity contribution in [2.45, 2.75) is 6.92 Å². The zero-order valence-corrected chi connectivity index (χ0v) is 14.6. The number of nitrogens with one attached hydrogen (secondary N) is 1. The third-order valence-corrected chi connectivity index (χ3v) is 4.58. The van der Waals surface area contributed by atoms with E-state index >= 15 is 0 Å². The number of rotatable bonds is 4. The predicted octanol–water partition coefficient (Wildman–Crippen LogP) is 3.99. The van der Waals surface area contributed by atoms with Crippen LogP contribution in [0.2, 0.25) is 5.28 Å². The lowest BCUT2D eigenvalue weighted by atomic mass is 10.2. The van der Waals surface area contributed by atoms with Crippen LogP contribution in [0.5, 0.6) is 11.5 Å². The Kier molecular flexibility index (Phi) is 4.06. The van der Waals surface area contributed by atoms with Gasteiger partial charge in [-0.3, -0.25) is 0 Å². The number of hydrogen-bond donors (Lipinski definition) is 1. The third kappa shape index (κ3) is 2.94. The molecule has 0 saturated carbocycles. The largest absolute Gasteiger partial charge is 0.462 e. The lowest BCUT2D eigenvalue weighted by Crippen LogP contribution is -2.05. The molecule has 1 aliphatic rings. The van der Waals surface area contributed by atoms with E-state index < -0.39 is 5.97 Å². The van der Waals surface area contributed by atoms with Crippen molar-refractivity contribution in [2.75, 3.05) is 18.7 Å². The van der Waals surface area contributed by atoms with E-state index in [-0.39, 0.29) is 18.7 Å². The Labute approximate surface area is 151 Å². The summed E-state index contributed by atoms with van der Waals surface area (Å²) in [4.78, 5) is 21.2. The zero-order valence-electron chi connectivity index (χ0n) is 13.0. The number of esters is 1. The second-order valence-electron chi connectivity index (χ2n) is 5.08. The van der Waals surface area contributed by atoms with Crippen LogP contribution in [0.15, 0.2) is 23.6 Å². The van der Waals surface area contributed by atoms with Crippen molar-refractivity contribution in [1.82, 2.24) is 9.97 Å². The minimum absolute atomic E-state index is 0.0907. The fourth-order valence-corrected chi connectivity index (χ4v) is 3.60. The smallest absolute Gasteiger partial charge is 0.339 e. The van der Waals surface area contributed by atoms with E-state index in [0.29, 0.717) is 33.1 Å². The maximum atomic E-state index is 12.2. The molecule has 0 bridgehead atoms. The van der Waals surface area contributed by atoms with Crippen LogP contribution in [0.25, 0.3) is 10.2 Å². The van der Waals surface area contributed by atoms with Gasteiger partial charge in [0.2, 0.25) is 12.1 Å². The van der Waals surface area contributed by atoms with Crippen LogP contribution in [-0.2, 0) is 4.74 Å². The molecule has 2 aromatic heterocycles. The maximum absolute atomic E-state index is 12.2. The number of nitrogens with zero attached hydrogens (tertiary/aromatic N) is 2. The molecule has 3 heterocycles. The molecule has 0 aliphatic carbocycles. The van der Waals surface area contributed by atoms with Crippen LogP contribution in [0.1, 0.15) is 17.3 Å². The highest BCUT2D eigenvalue weighted by Gasteiger charge is 2.20. The molecule has 3 aromatic rings. The van der Waals surface area contributed by atoms with E-state index in [9.17, 15) is 4.79 Å². The lowest BCUT2D eigenvalue weighted by Gasteiger charge is -2.09. The summed E-state index contributed by atoms with van der Waals surface area (Å²) in [6.07, 6.45) is 0. The molecule has 0 radical (unpaired) electrons. The van der Waals surface area contributed by atoms with Crippen LogP contribution in [-0.4, -0.2) is 29.3 Å². The number of hydrogen-bond acceptors (Lipinski definition) is 8.